The Labute approximate surface area is 124 Å². The van der Waals surface area contributed by atoms with E-state index >= 15 is 0 Å². The predicted octanol–water partition coefficient (Wildman–Crippen LogP) is 3.56. The number of aryl methyl sites for hydroxylation is 1. The molecule has 108 valence electrons. The highest BCUT2D eigenvalue weighted by atomic mass is 19.1. The van der Waals surface area contributed by atoms with E-state index in [0.717, 1.165) is 16.9 Å². The number of halogens is 1. The van der Waals surface area contributed by atoms with E-state index < -0.39 is 11.4 Å². The minimum absolute atomic E-state index is 0.244. The Morgan fingerprint density at radius 2 is 2.00 bits per heavy atom. The van der Waals surface area contributed by atoms with Gasteiger partial charge in [0, 0.05) is 29.4 Å². The van der Waals surface area contributed by atoms with Gasteiger partial charge < -0.3 is 8.82 Å². The topological polar surface area (TPSA) is 47.5 Å². The van der Waals surface area contributed by atoms with Crippen LogP contribution in [-0.2, 0) is 0 Å². The van der Waals surface area contributed by atoms with Gasteiger partial charge >= 0.3 is 5.63 Å². The van der Waals surface area contributed by atoms with Crippen LogP contribution in [-0.4, -0.2) is 9.38 Å². The van der Waals surface area contributed by atoms with Crippen molar-refractivity contribution in [3.8, 4) is 11.1 Å². The first kappa shape index (κ1) is 12.8. The molecule has 4 nitrogen and oxygen atoms in total. The van der Waals surface area contributed by atoms with Gasteiger partial charge in [-0.25, -0.2) is 14.2 Å². The molecule has 3 aromatic heterocycles. The monoisotopic (exact) mass is 294 g/mol. The molecule has 22 heavy (non-hydrogen) atoms. The number of fused-ring (bicyclic) bond motifs is 2. The Hall–Kier alpha value is -2.95. The van der Waals surface area contributed by atoms with Gasteiger partial charge in [0.15, 0.2) is 0 Å². The van der Waals surface area contributed by atoms with E-state index in [1.807, 2.05) is 35.9 Å². The molecule has 0 fully saturated rings. The minimum Gasteiger partial charge on any atom is -0.422 e. The molecule has 0 spiro atoms. The fourth-order valence-corrected chi connectivity index (χ4v) is 2.56. The number of pyridine rings is 1. The van der Waals surface area contributed by atoms with Gasteiger partial charge in [-0.3, -0.25) is 0 Å². The summed E-state index contributed by atoms with van der Waals surface area (Å²) in [5, 5.41) is 0.679. The van der Waals surface area contributed by atoms with Crippen LogP contribution >= 0.6 is 0 Å². The molecule has 4 aromatic rings. The lowest BCUT2D eigenvalue weighted by Crippen LogP contribution is -2.03. The van der Waals surface area contributed by atoms with E-state index in [4.69, 9.17) is 4.42 Å². The van der Waals surface area contributed by atoms with Crippen LogP contribution in [0.15, 0.2) is 58.0 Å². The number of benzene rings is 1. The summed E-state index contributed by atoms with van der Waals surface area (Å²) in [6.07, 6.45) is 3.72. The summed E-state index contributed by atoms with van der Waals surface area (Å²) in [6, 6.07) is 9.53. The van der Waals surface area contributed by atoms with Crippen LogP contribution in [0.1, 0.15) is 5.69 Å². The third kappa shape index (κ3) is 1.98. The zero-order chi connectivity index (χ0) is 15.3. The highest BCUT2D eigenvalue weighted by Crippen LogP contribution is 2.22. The molecule has 1 aromatic carbocycles. The van der Waals surface area contributed by atoms with Crippen molar-refractivity contribution in [1.82, 2.24) is 9.38 Å². The molecule has 0 amide bonds. The van der Waals surface area contributed by atoms with Crippen LogP contribution in [0.3, 0.4) is 0 Å². The highest BCUT2D eigenvalue weighted by molar-refractivity contribution is 5.81. The third-order valence-corrected chi connectivity index (χ3v) is 3.58. The molecular formula is C17H11FN2O2. The summed E-state index contributed by atoms with van der Waals surface area (Å²) >= 11 is 0. The molecule has 0 radical (unpaired) electrons. The minimum atomic E-state index is -0.491. The van der Waals surface area contributed by atoms with Gasteiger partial charge in [-0.05, 0) is 37.3 Å². The smallest absolute Gasteiger partial charge is 0.344 e. The second kappa shape index (κ2) is 4.53. The SMILES string of the molecule is Cc1cn2cc(-c3cc4ccc(F)cc4oc3=O)ccc2n1. The summed E-state index contributed by atoms with van der Waals surface area (Å²) in [5.74, 6) is -0.432. The number of aromatic nitrogens is 2. The lowest BCUT2D eigenvalue weighted by Gasteiger charge is -2.03. The lowest BCUT2D eigenvalue weighted by molar-refractivity contribution is 0.556. The third-order valence-electron chi connectivity index (χ3n) is 3.58. The van der Waals surface area contributed by atoms with Crippen molar-refractivity contribution in [2.75, 3.05) is 0 Å². The van der Waals surface area contributed by atoms with Gasteiger partial charge in [0.25, 0.3) is 0 Å². The maximum atomic E-state index is 13.2. The molecule has 0 bridgehead atoms. The van der Waals surface area contributed by atoms with Crippen molar-refractivity contribution in [2.45, 2.75) is 6.92 Å². The molecule has 5 heteroatoms. The fraction of sp³-hybridized carbons (Fsp3) is 0.0588. The Kier molecular flexibility index (Phi) is 2.63. The van der Waals surface area contributed by atoms with E-state index in [1.165, 1.54) is 12.1 Å². The number of rotatable bonds is 1. The molecule has 0 unspecified atom stereocenters. The van der Waals surface area contributed by atoms with Gasteiger partial charge in [0.05, 0.1) is 11.3 Å². The Morgan fingerprint density at radius 3 is 2.86 bits per heavy atom. The first-order valence-electron chi connectivity index (χ1n) is 6.79. The van der Waals surface area contributed by atoms with E-state index in [2.05, 4.69) is 4.98 Å². The Balaban J connectivity index is 1.96. The molecule has 0 aliphatic carbocycles. The second-order valence-corrected chi connectivity index (χ2v) is 5.20. The summed E-state index contributed by atoms with van der Waals surface area (Å²) in [5.41, 5.74) is 2.63. The van der Waals surface area contributed by atoms with Gasteiger partial charge in [-0.2, -0.15) is 0 Å². The number of nitrogens with zero attached hydrogens (tertiary/aromatic N) is 2. The molecule has 0 saturated carbocycles. The zero-order valence-corrected chi connectivity index (χ0v) is 11.7. The molecule has 4 rings (SSSR count). The predicted molar refractivity (Wildman–Crippen MR) is 81.4 cm³/mol. The fourth-order valence-electron chi connectivity index (χ4n) is 2.56. The standard InChI is InChI=1S/C17H11FN2O2/c1-10-8-20-9-12(3-5-16(20)19-10)14-6-11-2-4-13(18)7-15(11)22-17(14)21/h2-9H,1H3. The molecule has 0 saturated heterocycles. The average Bonchev–Trinajstić information content (AvgIpc) is 2.85. The zero-order valence-electron chi connectivity index (χ0n) is 11.7. The van der Waals surface area contributed by atoms with Crippen molar-refractivity contribution in [3.05, 3.63) is 70.7 Å². The molecule has 0 N–H and O–H groups in total. The van der Waals surface area contributed by atoms with Crippen molar-refractivity contribution < 1.29 is 8.81 Å². The van der Waals surface area contributed by atoms with E-state index in [0.29, 0.717) is 10.9 Å². The maximum absolute atomic E-state index is 13.2. The largest absolute Gasteiger partial charge is 0.422 e. The molecule has 0 aliphatic heterocycles. The number of hydrogen-bond acceptors (Lipinski definition) is 3. The second-order valence-electron chi connectivity index (χ2n) is 5.20. The van der Waals surface area contributed by atoms with Gasteiger partial charge in [-0.15, -0.1) is 0 Å². The lowest BCUT2D eigenvalue weighted by atomic mass is 10.1. The van der Waals surface area contributed by atoms with Crippen LogP contribution in [0.5, 0.6) is 0 Å². The molecular weight excluding hydrogens is 283 g/mol. The maximum Gasteiger partial charge on any atom is 0.344 e. The highest BCUT2D eigenvalue weighted by Gasteiger charge is 2.10. The van der Waals surface area contributed by atoms with Crippen molar-refractivity contribution in [3.63, 3.8) is 0 Å². The van der Waals surface area contributed by atoms with Crippen LogP contribution in [0.25, 0.3) is 27.7 Å². The van der Waals surface area contributed by atoms with Crippen LogP contribution in [0.4, 0.5) is 4.39 Å². The van der Waals surface area contributed by atoms with E-state index in [1.54, 1.807) is 12.1 Å². The van der Waals surface area contributed by atoms with Crippen molar-refractivity contribution in [1.29, 1.82) is 0 Å². The first-order chi connectivity index (χ1) is 10.6. The summed E-state index contributed by atoms with van der Waals surface area (Å²) in [6.45, 7) is 1.91. The number of hydrogen-bond donors (Lipinski definition) is 0. The van der Waals surface area contributed by atoms with Crippen LogP contribution in [0.2, 0.25) is 0 Å². The summed E-state index contributed by atoms with van der Waals surface area (Å²) in [4.78, 5) is 16.5. The van der Waals surface area contributed by atoms with Gasteiger partial charge in [-0.1, -0.05) is 0 Å². The van der Waals surface area contributed by atoms with Gasteiger partial charge in [0.1, 0.15) is 17.0 Å². The van der Waals surface area contributed by atoms with Crippen molar-refractivity contribution in [2.24, 2.45) is 0 Å². The normalized spacial score (nSPS) is 11.4. The van der Waals surface area contributed by atoms with Crippen LogP contribution in [0, 0.1) is 12.7 Å². The van der Waals surface area contributed by atoms with Gasteiger partial charge in [0.2, 0.25) is 0 Å². The Morgan fingerprint density at radius 1 is 1.14 bits per heavy atom. The van der Waals surface area contributed by atoms with Crippen LogP contribution < -0.4 is 5.63 Å². The molecule has 0 aliphatic rings. The molecule has 3 heterocycles. The summed E-state index contributed by atoms with van der Waals surface area (Å²) in [7, 11) is 0. The van der Waals surface area contributed by atoms with Crippen molar-refractivity contribution >= 4 is 16.6 Å². The first-order valence-corrected chi connectivity index (χ1v) is 6.79. The average molecular weight is 294 g/mol. The summed E-state index contributed by atoms with van der Waals surface area (Å²) < 4.78 is 20.3. The quantitative estimate of drug-likeness (QED) is 0.504. The Bertz CT molecular complexity index is 1080. The van der Waals surface area contributed by atoms with E-state index in [9.17, 15) is 9.18 Å². The van der Waals surface area contributed by atoms with E-state index in [-0.39, 0.29) is 5.58 Å². The molecule has 0 atom stereocenters. The number of imidazole rings is 1.